The molecule has 0 bridgehead atoms. The predicted molar refractivity (Wildman–Crippen MR) is 72.7 cm³/mol. The normalized spacial score (nSPS) is 11.3. The molecule has 0 aromatic rings. The molecule has 0 aliphatic rings. The summed E-state index contributed by atoms with van der Waals surface area (Å²) in [5.74, 6) is 9.41. The van der Waals surface area contributed by atoms with Crippen LogP contribution in [0.4, 0.5) is 0 Å². The van der Waals surface area contributed by atoms with E-state index in [0.29, 0.717) is 5.92 Å². The van der Waals surface area contributed by atoms with Gasteiger partial charge in [0.25, 0.3) is 0 Å². The molecule has 0 saturated heterocycles. The Morgan fingerprint density at radius 2 is 1.81 bits per heavy atom. The predicted octanol–water partition coefficient (Wildman–Crippen LogP) is 4.60. The fourth-order valence-electron chi connectivity index (χ4n) is 1.55. The number of rotatable bonds is 8. The third kappa shape index (κ3) is 11.2. The van der Waals surface area contributed by atoms with Gasteiger partial charge in [0.2, 0.25) is 0 Å². The summed E-state index contributed by atoms with van der Waals surface area (Å²) in [6, 6.07) is 0. The average molecular weight is 217 g/mol. The van der Waals surface area contributed by atoms with Gasteiger partial charge in [-0.2, -0.15) is 0 Å². The highest BCUT2D eigenvalue weighted by Crippen LogP contribution is 2.08. The van der Waals surface area contributed by atoms with E-state index in [4.69, 9.17) is 6.42 Å². The van der Waals surface area contributed by atoms with Gasteiger partial charge in [-0.1, -0.05) is 38.5 Å². The van der Waals surface area contributed by atoms with Gasteiger partial charge in [0.05, 0.1) is 0 Å². The van der Waals surface area contributed by atoms with Gasteiger partial charge >= 0.3 is 0 Å². The molecule has 1 radical (unpaired) electrons. The monoisotopic (exact) mass is 217 g/mol. The molecular formula is C16H25. The van der Waals surface area contributed by atoms with E-state index in [0.717, 1.165) is 32.1 Å². The van der Waals surface area contributed by atoms with Gasteiger partial charge in [-0.25, -0.2) is 0 Å². The van der Waals surface area contributed by atoms with Gasteiger partial charge in [-0.3, -0.25) is 0 Å². The first kappa shape index (κ1) is 15.1. The second-order valence-corrected chi connectivity index (χ2v) is 4.28. The molecule has 0 aromatic heterocycles. The van der Waals surface area contributed by atoms with Crippen LogP contribution in [0.25, 0.3) is 0 Å². The van der Waals surface area contributed by atoms with E-state index in [1.807, 2.05) is 0 Å². The Labute approximate surface area is 102 Å². The summed E-state index contributed by atoms with van der Waals surface area (Å²) in [5.41, 5.74) is 0. The molecule has 0 N–H and O–H groups in total. The molecule has 16 heavy (non-hydrogen) atoms. The maximum atomic E-state index is 5.19. The van der Waals surface area contributed by atoms with Gasteiger partial charge in [0, 0.05) is 18.8 Å². The highest BCUT2D eigenvalue weighted by molar-refractivity contribution is 5.04. The second kappa shape index (κ2) is 12.2. The zero-order valence-corrected chi connectivity index (χ0v) is 10.7. The van der Waals surface area contributed by atoms with Crippen molar-refractivity contribution in [3.05, 3.63) is 6.92 Å². The van der Waals surface area contributed by atoms with Gasteiger partial charge < -0.3 is 0 Å². The van der Waals surface area contributed by atoms with Crippen LogP contribution in [0.5, 0.6) is 0 Å². The minimum atomic E-state index is 0.295. The molecule has 89 valence electrons. The Bertz CT molecular complexity index is 233. The van der Waals surface area contributed by atoms with E-state index in [9.17, 15) is 0 Å². The molecule has 0 saturated carbocycles. The Balaban J connectivity index is 3.37. The van der Waals surface area contributed by atoms with Gasteiger partial charge in [0.15, 0.2) is 0 Å². The maximum absolute atomic E-state index is 5.19. The van der Waals surface area contributed by atoms with E-state index < -0.39 is 0 Å². The number of terminal acetylenes is 1. The van der Waals surface area contributed by atoms with Crippen molar-refractivity contribution in [2.24, 2.45) is 5.92 Å². The summed E-state index contributed by atoms with van der Waals surface area (Å²) in [6.45, 7) is 6.27. The third-order valence-electron chi connectivity index (χ3n) is 2.59. The van der Waals surface area contributed by atoms with E-state index >= 15 is 0 Å². The zero-order valence-electron chi connectivity index (χ0n) is 10.7. The van der Waals surface area contributed by atoms with E-state index in [-0.39, 0.29) is 0 Å². The summed E-state index contributed by atoms with van der Waals surface area (Å²) in [6.07, 6.45) is 15.7. The van der Waals surface area contributed by atoms with Crippen LogP contribution in [-0.4, -0.2) is 0 Å². The molecule has 0 heteroatoms. The summed E-state index contributed by atoms with van der Waals surface area (Å²) in [4.78, 5) is 0. The zero-order chi connectivity index (χ0) is 12.1. The highest BCUT2D eigenvalue weighted by Gasteiger charge is 1.96. The summed E-state index contributed by atoms with van der Waals surface area (Å²) < 4.78 is 0. The van der Waals surface area contributed by atoms with Crippen molar-refractivity contribution in [1.82, 2.24) is 0 Å². The van der Waals surface area contributed by atoms with Crippen LogP contribution < -0.4 is 0 Å². The minimum absolute atomic E-state index is 0.295. The maximum Gasteiger partial charge on any atom is 0.0203 e. The van der Waals surface area contributed by atoms with Gasteiger partial charge in [-0.05, 0) is 26.2 Å². The number of unbranched alkanes of at least 4 members (excludes halogenated alkanes) is 6. The molecule has 1 unspecified atom stereocenters. The smallest absolute Gasteiger partial charge is 0.0203 e. The van der Waals surface area contributed by atoms with Crippen LogP contribution in [0.3, 0.4) is 0 Å². The van der Waals surface area contributed by atoms with Crippen molar-refractivity contribution in [1.29, 1.82) is 0 Å². The molecule has 0 fully saturated rings. The van der Waals surface area contributed by atoms with Crippen molar-refractivity contribution in [3.63, 3.8) is 0 Å². The molecule has 0 heterocycles. The molecule has 1 atom stereocenters. The fourth-order valence-corrected chi connectivity index (χ4v) is 1.55. The lowest BCUT2D eigenvalue weighted by molar-refractivity contribution is 0.635. The molecular weight excluding hydrogens is 192 g/mol. The minimum Gasteiger partial charge on any atom is -0.120 e. The van der Waals surface area contributed by atoms with Crippen molar-refractivity contribution in [2.45, 2.75) is 64.7 Å². The quantitative estimate of drug-likeness (QED) is 0.411. The third-order valence-corrected chi connectivity index (χ3v) is 2.59. The van der Waals surface area contributed by atoms with Crippen molar-refractivity contribution in [3.8, 4) is 24.2 Å². The Morgan fingerprint density at radius 3 is 2.50 bits per heavy atom. The topological polar surface area (TPSA) is 0 Å². The summed E-state index contributed by atoms with van der Waals surface area (Å²) >= 11 is 0. The highest BCUT2D eigenvalue weighted by atomic mass is 14.0. The second-order valence-electron chi connectivity index (χ2n) is 4.28. The van der Waals surface area contributed by atoms with Gasteiger partial charge in [-0.15, -0.1) is 18.3 Å². The van der Waals surface area contributed by atoms with Crippen molar-refractivity contribution >= 4 is 0 Å². The Kier molecular flexibility index (Phi) is 11.5. The Morgan fingerprint density at radius 1 is 1.06 bits per heavy atom. The van der Waals surface area contributed by atoms with Crippen molar-refractivity contribution < 1.29 is 0 Å². The van der Waals surface area contributed by atoms with Crippen LogP contribution in [0.1, 0.15) is 64.7 Å². The molecule has 0 spiro atoms. The van der Waals surface area contributed by atoms with Crippen LogP contribution in [0.2, 0.25) is 0 Å². The SMILES string of the molecule is C#CCCCCC([CH2])C#CCCCCCC. The molecule has 0 aliphatic carbocycles. The van der Waals surface area contributed by atoms with E-state index in [1.54, 1.807) is 0 Å². The lowest BCUT2D eigenvalue weighted by Crippen LogP contribution is -1.90. The molecule has 0 amide bonds. The number of hydrogen-bond acceptors (Lipinski definition) is 0. The lowest BCUT2D eigenvalue weighted by Gasteiger charge is -2.01. The summed E-state index contributed by atoms with van der Waals surface area (Å²) in [5, 5.41) is 0. The van der Waals surface area contributed by atoms with Crippen LogP contribution >= 0.6 is 0 Å². The standard InChI is InChI=1S/C16H25/c1-4-6-8-10-11-13-15-16(3)14-12-9-7-5-2/h2,16H,3-4,6-12,14H2,1H3. The first-order chi connectivity index (χ1) is 7.81. The summed E-state index contributed by atoms with van der Waals surface area (Å²) in [7, 11) is 0. The number of hydrogen-bond donors (Lipinski definition) is 0. The van der Waals surface area contributed by atoms with Crippen LogP contribution in [-0.2, 0) is 0 Å². The van der Waals surface area contributed by atoms with Crippen LogP contribution in [0.15, 0.2) is 0 Å². The Hall–Kier alpha value is -0.880. The largest absolute Gasteiger partial charge is 0.120 e. The lowest BCUT2D eigenvalue weighted by atomic mass is 10.0. The molecule has 0 aromatic carbocycles. The van der Waals surface area contributed by atoms with E-state index in [1.165, 1.54) is 25.7 Å². The molecule has 0 aliphatic heterocycles. The van der Waals surface area contributed by atoms with E-state index in [2.05, 4.69) is 31.6 Å². The molecule has 0 nitrogen and oxygen atoms in total. The first-order valence-electron chi connectivity index (χ1n) is 6.56. The molecule has 0 rings (SSSR count). The van der Waals surface area contributed by atoms with Crippen molar-refractivity contribution in [2.75, 3.05) is 0 Å². The fraction of sp³-hybridized carbons (Fsp3) is 0.688. The first-order valence-corrected chi connectivity index (χ1v) is 6.56. The average Bonchev–Trinajstić information content (AvgIpc) is 2.29. The van der Waals surface area contributed by atoms with Crippen LogP contribution in [0, 0.1) is 37.0 Å². The van der Waals surface area contributed by atoms with Gasteiger partial charge in [0.1, 0.15) is 0 Å².